The third-order valence-corrected chi connectivity index (χ3v) is 5.97. The Balaban J connectivity index is 1.54. The van der Waals surface area contributed by atoms with Crippen molar-refractivity contribution in [2.75, 3.05) is 33.2 Å². The SMILES string of the molecule is Cc1cccc(C(=O)N(C)CC2CCCN(CCc3ccccc3F)C2)c1C. The van der Waals surface area contributed by atoms with Crippen LogP contribution < -0.4 is 0 Å². The average Bonchev–Trinajstić information content (AvgIpc) is 2.69. The lowest BCUT2D eigenvalue weighted by Gasteiger charge is -2.35. The van der Waals surface area contributed by atoms with Crippen molar-refractivity contribution in [1.29, 1.82) is 0 Å². The van der Waals surface area contributed by atoms with E-state index in [1.54, 1.807) is 6.07 Å². The Morgan fingerprint density at radius 1 is 1.18 bits per heavy atom. The van der Waals surface area contributed by atoms with Gasteiger partial charge >= 0.3 is 0 Å². The van der Waals surface area contributed by atoms with Gasteiger partial charge in [0.15, 0.2) is 0 Å². The number of carbonyl (C=O) groups is 1. The zero-order chi connectivity index (χ0) is 20.1. The normalized spacial score (nSPS) is 17.5. The van der Waals surface area contributed by atoms with Gasteiger partial charge in [-0.15, -0.1) is 0 Å². The summed E-state index contributed by atoms with van der Waals surface area (Å²) in [7, 11) is 1.91. The maximum Gasteiger partial charge on any atom is 0.253 e. The molecule has 1 aliphatic heterocycles. The Morgan fingerprint density at radius 3 is 2.75 bits per heavy atom. The van der Waals surface area contributed by atoms with E-state index in [1.807, 2.05) is 56.1 Å². The van der Waals surface area contributed by atoms with Crippen LogP contribution in [-0.4, -0.2) is 48.9 Å². The predicted molar refractivity (Wildman–Crippen MR) is 112 cm³/mol. The number of piperidine rings is 1. The predicted octanol–water partition coefficient (Wildman–Crippen LogP) is 4.47. The summed E-state index contributed by atoms with van der Waals surface area (Å²) in [6.45, 7) is 7.72. The number of hydrogen-bond donors (Lipinski definition) is 0. The molecule has 1 unspecified atom stereocenters. The van der Waals surface area contributed by atoms with Gasteiger partial charge in [0.2, 0.25) is 0 Å². The molecule has 0 radical (unpaired) electrons. The third kappa shape index (κ3) is 4.99. The fourth-order valence-corrected chi connectivity index (χ4v) is 4.14. The monoisotopic (exact) mass is 382 g/mol. The largest absolute Gasteiger partial charge is 0.341 e. The molecule has 1 fully saturated rings. The van der Waals surface area contributed by atoms with Crippen molar-refractivity contribution < 1.29 is 9.18 Å². The summed E-state index contributed by atoms with van der Waals surface area (Å²) in [5.74, 6) is 0.452. The highest BCUT2D eigenvalue weighted by atomic mass is 19.1. The van der Waals surface area contributed by atoms with Gasteiger partial charge in [-0.05, 0) is 74.4 Å². The molecule has 150 valence electrons. The first-order valence-electron chi connectivity index (χ1n) is 10.2. The van der Waals surface area contributed by atoms with Crippen LogP contribution in [0.5, 0.6) is 0 Å². The van der Waals surface area contributed by atoms with Crippen molar-refractivity contribution >= 4 is 5.91 Å². The van der Waals surface area contributed by atoms with Crippen LogP contribution in [0.4, 0.5) is 4.39 Å². The van der Waals surface area contributed by atoms with Crippen LogP contribution >= 0.6 is 0 Å². The Hall–Kier alpha value is -2.20. The quantitative estimate of drug-likeness (QED) is 0.736. The van der Waals surface area contributed by atoms with Crippen LogP contribution in [0.1, 0.15) is 39.9 Å². The zero-order valence-electron chi connectivity index (χ0n) is 17.2. The van der Waals surface area contributed by atoms with Gasteiger partial charge in [0.1, 0.15) is 5.82 Å². The maximum atomic E-state index is 13.8. The number of hydrogen-bond acceptors (Lipinski definition) is 2. The van der Waals surface area contributed by atoms with E-state index in [9.17, 15) is 9.18 Å². The summed E-state index contributed by atoms with van der Waals surface area (Å²) in [5.41, 5.74) is 3.80. The molecule has 0 aliphatic carbocycles. The smallest absolute Gasteiger partial charge is 0.253 e. The van der Waals surface area contributed by atoms with Gasteiger partial charge in [0.05, 0.1) is 0 Å². The second-order valence-corrected chi connectivity index (χ2v) is 8.08. The van der Waals surface area contributed by atoms with Crippen molar-refractivity contribution in [2.24, 2.45) is 5.92 Å². The van der Waals surface area contributed by atoms with E-state index >= 15 is 0 Å². The van der Waals surface area contributed by atoms with Crippen LogP contribution in [0.3, 0.4) is 0 Å². The van der Waals surface area contributed by atoms with Gasteiger partial charge in [-0.1, -0.05) is 30.3 Å². The fourth-order valence-electron chi connectivity index (χ4n) is 4.14. The minimum atomic E-state index is -0.116. The van der Waals surface area contributed by atoms with Crippen LogP contribution in [0, 0.1) is 25.6 Å². The zero-order valence-corrected chi connectivity index (χ0v) is 17.2. The molecule has 3 rings (SSSR count). The molecule has 0 aromatic heterocycles. The lowest BCUT2D eigenvalue weighted by molar-refractivity contribution is 0.0729. The second kappa shape index (κ2) is 9.33. The molecule has 0 spiro atoms. The van der Waals surface area contributed by atoms with E-state index in [2.05, 4.69) is 4.90 Å². The van der Waals surface area contributed by atoms with Crippen molar-refractivity contribution in [3.63, 3.8) is 0 Å². The van der Waals surface area contributed by atoms with Gasteiger partial charge in [-0.25, -0.2) is 4.39 Å². The first kappa shape index (κ1) is 20.5. The minimum absolute atomic E-state index is 0.102. The number of rotatable bonds is 6. The Labute approximate surface area is 168 Å². The molecule has 0 saturated carbocycles. The van der Waals surface area contributed by atoms with E-state index < -0.39 is 0 Å². The summed E-state index contributed by atoms with van der Waals surface area (Å²) < 4.78 is 13.8. The summed E-state index contributed by atoms with van der Waals surface area (Å²) in [5, 5.41) is 0. The number of nitrogens with zero attached hydrogens (tertiary/aromatic N) is 2. The molecular formula is C24H31FN2O. The molecule has 1 aliphatic rings. The van der Waals surface area contributed by atoms with Gasteiger partial charge in [0.25, 0.3) is 5.91 Å². The van der Waals surface area contributed by atoms with Crippen molar-refractivity contribution in [2.45, 2.75) is 33.1 Å². The highest BCUT2D eigenvalue weighted by molar-refractivity contribution is 5.95. The van der Waals surface area contributed by atoms with Crippen LogP contribution in [0.2, 0.25) is 0 Å². The highest BCUT2D eigenvalue weighted by Gasteiger charge is 2.24. The number of likely N-dealkylation sites (tertiary alicyclic amines) is 1. The van der Waals surface area contributed by atoms with Crippen molar-refractivity contribution in [3.8, 4) is 0 Å². The summed E-state index contributed by atoms with van der Waals surface area (Å²) in [6.07, 6.45) is 3.00. The molecule has 3 nitrogen and oxygen atoms in total. The van der Waals surface area contributed by atoms with Crippen LogP contribution in [-0.2, 0) is 6.42 Å². The second-order valence-electron chi connectivity index (χ2n) is 8.08. The molecule has 1 atom stereocenters. The van der Waals surface area contributed by atoms with Gasteiger partial charge in [-0.3, -0.25) is 4.79 Å². The molecule has 0 bridgehead atoms. The summed E-state index contributed by atoms with van der Waals surface area (Å²) >= 11 is 0. The van der Waals surface area contributed by atoms with E-state index in [0.29, 0.717) is 5.92 Å². The van der Waals surface area contributed by atoms with Crippen LogP contribution in [0.25, 0.3) is 0 Å². The van der Waals surface area contributed by atoms with E-state index in [0.717, 1.165) is 67.7 Å². The Morgan fingerprint density at radius 2 is 1.96 bits per heavy atom. The molecule has 1 heterocycles. The highest BCUT2D eigenvalue weighted by Crippen LogP contribution is 2.20. The fraction of sp³-hybridized carbons (Fsp3) is 0.458. The minimum Gasteiger partial charge on any atom is -0.341 e. The first-order chi connectivity index (χ1) is 13.5. The topological polar surface area (TPSA) is 23.6 Å². The molecule has 2 aromatic carbocycles. The maximum absolute atomic E-state index is 13.8. The molecular weight excluding hydrogens is 351 g/mol. The molecule has 0 N–H and O–H groups in total. The number of aryl methyl sites for hydroxylation is 1. The first-order valence-corrected chi connectivity index (χ1v) is 10.2. The standard InChI is InChI=1S/C24H31FN2O/c1-18-8-6-11-22(19(18)2)24(28)26(3)16-20-9-7-14-27(17-20)15-13-21-10-4-5-12-23(21)25/h4-6,8,10-12,20H,7,9,13-17H2,1-3H3. The molecule has 1 amide bonds. The van der Waals surface area contributed by atoms with E-state index in [4.69, 9.17) is 0 Å². The molecule has 2 aromatic rings. The van der Waals surface area contributed by atoms with Crippen LogP contribution in [0.15, 0.2) is 42.5 Å². The van der Waals surface area contributed by atoms with Crippen molar-refractivity contribution in [3.05, 3.63) is 70.5 Å². The summed E-state index contributed by atoms with van der Waals surface area (Å²) in [6, 6.07) is 12.9. The Kier molecular flexibility index (Phi) is 6.84. The molecule has 28 heavy (non-hydrogen) atoms. The number of amides is 1. The van der Waals surface area contributed by atoms with Gasteiger partial charge in [0, 0.05) is 32.2 Å². The third-order valence-electron chi connectivity index (χ3n) is 5.97. The van der Waals surface area contributed by atoms with Crippen molar-refractivity contribution in [1.82, 2.24) is 9.80 Å². The molecule has 1 saturated heterocycles. The number of halogens is 1. The summed E-state index contributed by atoms with van der Waals surface area (Å²) in [4.78, 5) is 17.2. The molecule has 4 heteroatoms. The lowest BCUT2D eigenvalue weighted by atomic mass is 9.96. The van der Waals surface area contributed by atoms with Gasteiger partial charge in [-0.2, -0.15) is 0 Å². The van der Waals surface area contributed by atoms with E-state index in [1.165, 1.54) is 6.07 Å². The lowest BCUT2D eigenvalue weighted by Crippen LogP contribution is -2.42. The van der Waals surface area contributed by atoms with Gasteiger partial charge < -0.3 is 9.80 Å². The number of carbonyl (C=O) groups excluding carboxylic acids is 1. The van der Waals surface area contributed by atoms with E-state index in [-0.39, 0.29) is 11.7 Å². The average molecular weight is 383 g/mol. The number of benzene rings is 2. The Bertz CT molecular complexity index is 820.